The second-order valence-electron chi connectivity index (χ2n) is 6.83. The zero-order valence-electron chi connectivity index (χ0n) is 17.1. The maximum absolute atomic E-state index is 13.3. The molecule has 0 aliphatic carbocycles. The average molecular weight is 437 g/mol. The van der Waals surface area contributed by atoms with Crippen LogP contribution in [0.3, 0.4) is 0 Å². The van der Waals surface area contributed by atoms with E-state index in [1.807, 2.05) is 13.8 Å². The van der Waals surface area contributed by atoms with Crippen molar-refractivity contribution in [3.8, 4) is 6.07 Å². The van der Waals surface area contributed by atoms with Gasteiger partial charge in [0.15, 0.2) is 0 Å². The Morgan fingerprint density at radius 3 is 2.03 bits per heavy atom. The molecule has 0 saturated heterocycles. The number of hydrogen-bond donors (Lipinski definition) is 0. The van der Waals surface area contributed by atoms with E-state index in [1.165, 1.54) is 17.9 Å². The van der Waals surface area contributed by atoms with Crippen LogP contribution in [0.25, 0.3) is 0 Å². The Hall–Kier alpha value is -2.44. The monoisotopic (exact) mass is 437 g/mol. The van der Waals surface area contributed by atoms with Crippen molar-refractivity contribution >= 4 is 11.6 Å². The molecule has 0 aliphatic heterocycles. The molecule has 4 nitrogen and oxygen atoms in total. The summed E-state index contributed by atoms with van der Waals surface area (Å²) in [5, 5.41) is 8.93. The van der Waals surface area contributed by atoms with Gasteiger partial charge in [-0.05, 0) is 37.5 Å². The number of amides is 1. The largest absolute Gasteiger partial charge is 0.417 e. The molecule has 168 valence electrons. The lowest BCUT2D eigenvalue weighted by molar-refractivity contribution is -0.137. The summed E-state index contributed by atoms with van der Waals surface area (Å²) in [5.41, 5.74) is -2.45. The van der Waals surface area contributed by atoms with E-state index in [0.29, 0.717) is 36.9 Å². The molecule has 0 aliphatic rings. The van der Waals surface area contributed by atoms with Gasteiger partial charge in [-0.2, -0.15) is 31.6 Å². The zero-order chi connectivity index (χ0) is 23.1. The highest BCUT2D eigenvalue weighted by atomic mass is 19.4. The van der Waals surface area contributed by atoms with Gasteiger partial charge in [-0.15, -0.1) is 0 Å². The lowest BCUT2D eigenvalue weighted by atomic mass is 10.0. The van der Waals surface area contributed by atoms with Gasteiger partial charge in [0.05, 0.1) is 17.2 Å². The van der Waals surface area contributed by atoms with Crippen LogP contribution in [0.2, 0.25) is 0 Å². The van der Waals surface area contributed by atoms with Gasteiger partial charge >= 0.3 is 12.4 Å². The molecule has 1 aromatic carbocycles. The molecule has 1 unspecified atom stereocenters. The summed E-state index contributed by atoms with van der Waals surface area (Å²) in [4.78, 5) is 15.1. The maximum Gasteiger partial charge on any atom is 0.417 e. The van der Waals surface area contributed by atoms with Crippen molar-refractivity contribution in [3.63, 3.8) is 0 Å². The fourth-order valence-electron chi connectivity index (χ4n) is 3.23. The van der Waals surface area contributed by atoms with E-state index < -0.39 is 47.7 Å². The number of carbonyl (C=O) groups excluding carboxylic acids is 1. The van der Waals surface area contributed by atoms with Crippen molar-refractivity contribution in [3.05, 3.63) is 29.3 Å². The van der Waals surface area contributed by atoms with E-state index in [9.17, 15) is 31.1 Å². The Labute approximate surface area is 172 Å². The summed E-state index contributed by atoms with van der Waals surface area (Å²) in [5.74, 6) is -0.566. The molecule has 0 radical (unpaired) electrons. The Balaban J connectivity index is 3.52. The van der Waals surface area contributed by atoms with Gasteiger partial charge in [0.1, 0.15) is 12.6 Å². The first-order chi connectivity index (χ1) is 13.9. The number of benzene rings is 1. The van der Waals surface area contributed by atoms with Crippen LogP contribution in [0.5, 0.6) is 0 Å². The van der Waals surface area contributed by atoms with E-state index in [0.717, 1.165) is 12.1 Å². The molecule has 0 spiro atoms. The summed E-state index contributed by atoms with van der Waals surface area (Å²) in [6.07, 6.45) is -8.51. The summed E-state index contributed by atoms with van der Waals surface area (Å²) in [6.45, 7) is 4.23. The van der Waals surface area contributed by atoms with Crippen LogP contribution in [0.4, 0.5) is 32.0 Å². The van der Waals surface area contributed by atoms with E-state index in [4.69, 9.17) is 5.26 Å². The van der Waals surface area contributed by atoms with Crippen molar-refractivity contribution in [2.45, 2.75) is 58.4 Å². The van der Waals surface area contributed by atoms with Crippen LogP contribution < -0.4 is 4.90 Å². The third-order valence-electron chi connectivity index (χ3n) is 4.46. The predicted molar refractivity (Wildman–Crippen MR) is 101 cm³/mol. The van der Waals surface area contributed by atoms with E-state index in [-0.39, 0.29) is 6.42 Å². The van der Waals surface area contributed by atoms with Gasteiger partial charge in [0.2, 0.25) is 5.91 Å². The van der Waals surface area contributed by atoms with Crippen LogP contribution in [0.1, 0.15) is 51.2 Å². The SMILES string of the molecule is CCCN(CCC)C(=O)C(CC)N(CC(F)(F)F)c1ccc(C#N)c(C(F)(F)F)c1. The number of carbonyl (C=O) groups is 1. The Kier molecular flexibility index (Phi) is 9.00. The highest BCUT2D eigenvalue weighted by molar-refractivity contribution is 5.85. The van der Waals surface area contributed by atoms with Crippen LogP contribution in [0.15, 0.2) is 18.2 Å². The molecule has 30 heavy (non-hydrogen) atoms. The minimum absolute atomic E-state index is 0.0276. The first-order valence-electron chi connectivity index (χ1n) is 9.63. The van der Waals surface area contributed by atoms with Crippen LogP contribution in [0, 0.1) is 11.3 Å². The summed E-state index contributed by atoms with van der Waals surface area (Å²) < 4.78 is 79.8. The number of hydrogen-bond acceptors (Lipinski definition) is 3. The molecule has 1 aromatic rings. The standard InChI is InChI=1S/C20H25F6N3O/c1-4-9-28(10-5-2)18(30)17(6-3)29(13-19(21,22)23)15-8-7-14(12-27)16(11-15)20(24,25)26/h7-8,11,17H,4-6,9-10,13H2,1-3H3. The second-order valence-corrected chi connectivity index (χ2v) is 6.83. The van der Waals surface area contributed by atoms with Crippen LogP contribution >= 0.6 is 0 Å². The first kappa shape index (κ1) is 25.6. The van der Waals surface area contributed by atoms with Gasteiger partial charge in [0, 0.05) is 18.8 Å². The summed E-state index contributed by atoms with van der Waals surface area (Å²) >= 11 is 0. The third kappa shape index (κ3) is 6.82. The summed E-state index contributed by atoms with van der Waals surface area (Å²) in [6, 6.07) is 2.45. The minimum atomic E-state index is -4.92. The quantitative estimate of drug-likeness (QED) is 0.488. The average Bonchev–Trinajstić information content (AvgIpc) is 2.65. The number of nitrogens with zero attached hydrogens (tertiary/aromatic N) is 3. The molecule has 1 rings (SSSR count). The molecule has 0 N–H and O–H groups in total. The number of nitriles is 1. The lowest BCUT2D eigenvalue weighted by Gasteiger charge is -2.36. The van der Waals surface area contributed by atoms with Crippen molar-refractivity contribution in [2.24, 2.45) is 0 Å². The van der Waals surface area contributed by atoms with E-state index in [2.05, 4.69) is 0 Å². The topological polar surface area (TPSA) is 47.3 Å². The van der Waals surface area contributed by atoms with E-state index >= 15 is 0 Å². The van der Waals surface area contributed by atoms with Gasteiger partial charge in [-0.3, -0.25) is 4.79 Å². The molecule has 0 aromatic heterocycles. The number of alkyl halides is 6. The van der Waals surface area contributed by atoms with Crippen molar-refractivity contribution in [1.82, 2.24) is 4.90 Å². The highest BCUT2D eigenvalue weighted by Crippen LogP contribution is 2.36. The van der Waals surface area contributed by atoms with Crippen LogP contribution in [-0.4, -0.2) is 42.7 Å². The second kappa shape index (κ2) is 10.5. The fourth-order valence-corrected chi connectivity index (χ4v) is 3.23. The molecule has 0 fully saturated rings. The van der Waals surface area contributed by atoms with Crippen molar-refractivity contribution < 1.29 is 31.1 Å². The molecular weight excluding hydrogens is 412 g/mol. The normalized spacial score (nSPS) is 12.9. The smallest absolute Gasteiger partial charge is 0.350 e. The third-order valence-corrected chi connectivity index (χ3v) is 4.46. The molecular formula is C20H25F6N3O. The highest BCUT2D eigenvalue weighted by Gasteiger charge is 2.39. The molecule has 0 saturated carbocycles. The van der Waals surface area contributed by atoms with Gasteiger partial charge in [0.25, 0.3) is 0 Å². The zero-order valence-corrected chi connectivity index (χ0v) is 17.1. The fraction of sp³-hybridized carbons (Fsp3) is 0.600. The Morgan fingerprint density at radius 2 is 1.63 bits per heavy atom. The van der Waals surface area contributed by atoms with E-state index in [1.54, 1.807) is 0 Å². The van der Waals surface area contributed by atoms with Crippen molar-refractivity contribution in [2.75, 3.05) is 24.5 Å². The minimum Gasteiger partial charge on any atom is -0.350 e. The predicted octanol–water partition coefficient (Wildman–Crippen LogP) is 5.37. The molecule has 0 bridgehead atoms. The van der Waals surface area contributed by atoms with Crippen molar-refractivity contribution in [1.29, 1.82) is 5.26 Å². The molecule has 10 heteroatoms. The molecule has 0 heterocycles. The maximum atomic E-state index is 13.3. The van der Waals surface area contributed by atoms with Gasteiger partial charge in [-0.1, -0.05) is 20.8 Å². The number of rotatable bonds is 9. The summed E-state index contributed by atoms with van der Waals surface area (Å²) in [7, 11) is 0. The first-order valence-corrected chi connectivity index (χ1v) is 9.63. The van der Waals surface area contributed by atoms with Gasteiger partial charge in [-0.25, -0.2) is 0 Å². The lowest BCUT2D eigenvalue weighted by Crippen LogP contribution is -2.52. The van der Waals surface area contributed by atoms with Gasteiger partial charge < -0.3 is 9.80 Å². The Morgan fingerprint density at radius 1 is 1.07 bits per heavy atom. The Bertz CT molecular complexity index is 748. The van der Waals surface area contributed by atoms with Crippen LogP contribution in [-0.2, 0) is 11.0 Å². The number of halogens is 6. The molecule has 1 amide bonds. The molecule has 1 atom stereocenters. The number of anilines is 1.